The smallest absolute Gasteiger partial charge is 0.170 e. The molecule has 2 N–H and O–H groups in total. The Labute approximate surface area is 142 Å². The minimum absolute atomic E-state index is 0.644. The maximum absolute atomic E-state index is 6.00. The lowest BCUT2D eigenvalue weighted by atomic mass is 10.1. The fourth-order valence-corrected chi connectivity index (χ4v) is 2.58. The van der Waals surface area contributed by atoms with Crippen molar-refractivity contribution < 1.29 is 0 Å². The minimum Gasteiger partial charge on any atom is -0.362 e. The van der Waals surface area contributed by atoms with Crippen LogP contribution in [0.2, 0.25) is 5.02 Å². The normalized spacial score (nSPS) is 10.3. The number of hydrogen-bond donors (Lipinski definition) is 2. The van der Waals surface area contributed by atoms with E-state index >= 15 is 0 Å². The van der Waals surface area contributed by atoms with Gasteiger partial charge in [0.15, 0.2) is 5.11 Å². The molecule has 0 amide bonds. The lowest BCUT2D eigenvalue weighted by Crippen LogP contribution is -2.29. The van der Waals surface area contributed by atoms with Gasteiger partial charge in [-0.05, 0) is 61.7 Å². The van der Waals surface area contributed by atoms with Crippen LogP contribution in [-0.4, -0.2) is 11.7 Å². The minimum atomic E-state index is 0.644. The monoisotopic (exact) mass is 332 g/mol. The summed E-state index contributed by atoms with van der Waals surface area (Å²) < 4.78 is 0. The van der Waals surface area contributed by atoms with Gasteiger partial charge in [0, 0.05) is 17.3 Å². The third-order valence-corrected chi connectivity index (χ3v) is 3.95. The molecule has 4 heteroatoms. The van der Waals surface area contributed by atoms with Crippen molar-refractivity contribution in [3.05, 3.63) is 64.7 Å². The summed E-state index contributed by atoms with van der Waals surface area (Å²) in [6.45, 7) is 2.90. The predicted molar refractivity (Wildman–Crippen MR) is 99.8 cm³/mol. The largest absolute Gasteiger partial charge is 0.362 e. The number of thiocarbonyl (C=S) groups is 1. The molecule has 0 aromatic heterocycles. The summed E-state index contributed by atoms with van der Waals surface area (Å²) in [5, 5.41) is 7.79. The maximum atomic E-state index is 6.00. The second-order valence-electron chi connectivity index (χ2n) is 5.28. The van der Waals surface area contributed by atoms with E-state index in [-0.39, 0.29) is 0 Å². The second-order valence-corrected chi connectivity index (χ2v) is 6.13. The van der Waals surface area contributed by atoms with Crippen LogP contribution in [0.25, 0.3) is 0 Å². The topological polar surface area (TPSA) is 24.1 Å². The van der Waals surface area contributed by atoms with E-state index in [4.69, 9.17) is 23.8 Å². The van der Waals surface area contributed by atoms with E-state index in [2.05, 4.69) is 34.9 Å². The van der Waals surface area contributed by atoms with Gasteiger partial charge in [-0.15, -0.1) is 0 Å². The van der Waals surface area contributed by atoms with E-state index in [1.807, 2.05) is 31.2 Å². The number of nitrogens with one attached hydrogen (secondary N) is 2. The maximum Gasteiger partial charge on any atom is 0.170 e. The van der Waals surface area contributed by atoms with Crippen LogP contribution < -0.4 is 10.6 Å². The Bertz CT molecular complexity index is 614. The summed E-state index contributed by atoms with van der Waals surface area (Å²) in [6, 6.07) is 16.3. The van der Waals surface area contributed by atoms with Crippen LogP contribution in [0.1, 0.15) is 24.0 Å². The standard InChI is InChI=1S/C18H21ClN2S/c1-14-10-11-16(19)13-17(14)21-18(22)20-12-6-5-9-15-7-3-2-4-8-15/h2-4,7-8,10-11,13H,5-6,9,12H2,1H3,(H2,20,21,22). The first kappa shape index (κ1) is 16.8. The molecule has 0 aliphatic rings. The third-order valence-electron chi connectivity index (χ3n) is 3.47. The van der Waals surface area contributed by atoms with Crippen molar-refractivity contribution in [2.75, 3.05) is 11.9 Å². The molecule has 0 aliphatic heterocycles. The lowest BCUT2D eigenvalue weighted by Gasteiger charge is -2.12. The molecule has 0 spiro atoms. The van der Waals surface area contributed by atoms with Crippen LogP contribution in [-0.2, 0) is 6.42 Å². The van der Waals surface area contributed by atoms with Crippen molar-refractivity contribution in [3.8, 4) is 0 Å². The van der Waals surface area contributed by atoms with E-state index < -0.39 is 0 Å². The number of halogens is 1. The van der Waals surface area contributed by atoms with Gasteiger partial charge in [-0.2, -0.15) is 0 Å². The molecule has 0 heterocycles. The Morgan fingerprint density at radius 2 is 1.86 bits per heavy atom. The molecular weight excluding hydrogens is 312 g/mol. The van der Waals surface area contributed by atoms with Crippen LogP contribution >= 0.6 is 23.8 Å². The molecule has 0 bridgehead atoms. The highest BCUT2D eigenvalue weighted by Crippen LogP contribution is 2.19. The molecular formula is C18H21ClN2S. The Kier molecular flexibility index (Phi) is 6.69. The number of unbranched alkanes of at least 4 members (excludes halogenated alkanes) is 1. The number of anilines is 1. The Morgan fingerprint density at radius 3 is 2.64 bits per heavy atom. The van der Waals surface area contributed by atoms with Gasteiger partial charge in [-0.1, -0.05) is 48.0 Å². The summed E-state index contributed by atoms with van der Waals surface area (Å²) in [7, 11) is 0. The Morgan fingerprint density at radius 1 is 1.09 bits per heavy atom. The molecule has 0 atom stereocenters. The molecule has 2 rings (SSSR count). The van der Waals surface area contributed by atoms with E-state index in [1.165, 1.54) is 5.56 Å². The molecule has 2 aromatic carbocycles. The SMILES string of the molecule is Cc1ccc(Cl)cc1NC(=S)NCCCCc1ccccc1. The van der Waals surface area contributed by atoms with Crippen LogP contribution in [0.15, 0.2) is 48.5 Å². The van der Waals surface area contributed by atoms with E-state index in [9.17, 15) is 0 Å². The Hall–Kier alpha value is -1.58. The number of hydrogen-bond acceptors (Lipinski definition) is 1. The molecule has 22 heavy (non-hydrogen) atoms. The van der Waals surface area contributed by atoms with Crippen LogP contribution in [0.4, 0.5) is 5.69 Å². The van der Waals surface area contributed by atoms with E-state index in [0.29, 0.717) is 10.1 Å². The summed E-state index contributed by atoms with van der Waals surface area (Å²) in [5.41, 5.74) is 3.46. The number of benzene rings is 2. The quantitative estimate of drug-likeness (QED) is 0.577. The average molecular weight is 333 g/mol. The molecule has 2 nitrogen and oxygen atoms in total. The first-order valence-electron chi connectivity index (χ1n) is 7.50. The van der Waals surface area contributed by atoms with Crippen molar-refractivity contribution >= 4 is 34.6 Å². The number of rotatable bonds is 6. The zero-order chi connectivity index (χ0) is 15.8. The Balaban J connectivity index is 1.66. The molecule has 0 saturated heterocycles. The van der Waals surface area contributed by atoms with Gasteiger partial charge < -0.3 is 10.6 Å². The zero-order valence-electron chi connectivity index (χ0n) is 12.7. The van der Waals surface area contributed by atoms with Gasteiger partial charge in [0.25, 0.3) is 0 Å². The summed E-state index contributed by atoms with van der Waals surface area (Å²) in [5.74, 6) is 0. The molecule has 0 unspecified atom stereocenters. The summed E-state index contributed by atoms with van der Waals surface area (Å²) >= 11 is 11.3. The van der Waals surface area contributed by atoms with Gasteiger partial charge in [0.2, 0.25) is 0 Å². The van der Waals surface area contributed by atoms with E-state index in [0.717, 1.165) is 37.1 Å². The van der Waals surface area contributed by atoms with Crippen LogP contribution in [0.3, 0.4) is 0 Å². The summed E-state index contributed by atoms with van der Waals surface area (Å²) in [4.78, 5) is 0. The van der Waals surface area contributed by atoms with Crippen molar-refractivity contribution in [2.24, 2.45) is 0 Å². The van der Waals surface area contributed by atoms with Gasteiger partial charge in [-0.25, -0.2) is 0 Å². The molecule has 116 valence electrons. The average Bonchev–Trinajstić information content (AvgIpc) is 2.51. The lowest BCUT2D eigenvalue weighted by molar-refractivity contribution is 0.711. The van der Waals surface area contributed by atoms with Gasteiger partial charge in [0.05, 0.1) is 0 Å². The van der Waals surface area contributed by atoms with Crippen LogP contribution in [0.5, 0.6) is 0 Å². The van der Waals surface area contributed by atoms with Crippen molar-refractivity contribution in [2.45, 2.75) is 26.2 Å². The predicted octanol–water partition coefficient (Wildman–Crippen LogP) is 4.96. The molecule has 0 aliphatic carbocycles. The molecule has 0 fully saturated rings. The van der Waals surface area contributed by atoms with Gasteiger partial charge >= 0.3 is 0 Å². The fourth-order valence-electron chi connectivity index (χ4n) is 2.20. The molecule has 0 radical (unpaired) electrons. The van der Waals surface area contributed by atoms with Crippen molar-refractivity contribution in [1.29, 1.82) is 0 Å². The number of aryl methyl sites for hydroxylation is 2. The zero-order valence-corrected chi connectivity index (χ0v) is 14.3. The highest BCUT2D eigenvalue weighted by Gasteiger charge is 2.02. The highest BCUT2D eigenvalue weighted by molar-refractivity contribution is 7.80. The molecule has 2 aromatic rings. The third kappa shape index (κ3) is 5.66. The van der Waals surface area contributed by atoms with Crippen molar-refractivity contribution in [1.82, 2.24) is 5.32 Å². The fraction of sp³-hybridized carbons (Fsp3) is 0.278. The van der Waals surface area contributed by atoms with Crippen molar-refractivity contribution in [3.63, 3.8) is 0 Å². The first-order valence-corrected chi connectivity index (χ1v) is 8.29. The van der Waals surface area contributed by atoms with Gasteiger partial charge in [0.1, 0.15) is 0 Å². The summed E-state index contributed by atoms with van der Waals surface area (Å²) in [6.07, 6.45) is 3.34. The highest BCUT2D eigenvalue weighted by atomic mass is 35.5. The first-order chi connectivity index (χ1) is 10.6. The molecule has 0 saturated carbocycles. The second kappa shape index (κ2) is 8.76. The van der Waals surface area contributed by atoms with Gasteiger partial charge in [-0.3, -0.25) is 0 Å². The van der Waals surface area contributed by atoms with E-state index in [1.54, 1.807) is 0 Å². The van der Waals surface area contributed by atoms with Crippen LogP contribution in [0, 0.1) is 6.92 Å².